The van der Waals surface area contributed by atoms with Gasteiger partial charge >= 0.3 is 0 Å². The van der Waals surface area contributed by atoms with Crippen molar-refractivity contribution < 1.29 is 9.59 Å². The van der Waals surface area contributed by atoms with Crippen molar-refractivity contribution in [2.24, 2.45) is 5.73 Å². The van der Waals surface area contributed by atoms with Crippen molar-refractivity contribution in [2.75, 3.05) is 5.32 Å². The molecule has 0 spiro atoms. The third-order valence-corrected chi connectivity index (χ3v) is 6.48. The van der Waals surface area contributed by atoms with Crippen LogP contribution in [-0.4, -0.2) is 16.9 Å². The van der Waals surface area contributed by atoms with E-state index in [1.54, 1.807) is 24.3 Å². The molecule has 5 nitrogen and oxygen atoms in total. The van der Waals surface area contributed by atoms with Crippen LogP contribution in [0.1, 0.15) is 37.6 Å². The molecular formula is C20H16ClN3O2S2. The van der Waals surface area contributed by atoms with Crippen molar-refractivity contribution in [1.29, 1.82) is 0 Å². The Bertz CT molecular complexity index is 1140. The molecule has 1 heterocycles. The third-order valence-electron chi connectivity index (χ3n) is 4.74. The fraction of sp³-hybridized carbons (Fsp3) is 0.150. The Hall–Kier alpha value is -2.48. The molecule has 0 bridgehead atoms. The Morgan fingerprint density at radius 2 is 1.86 bits per heavy atom. The molecule has 0 saturated carbocycles. The Balaban J connectivity index is 1.56. The number of aryl methyl sites for hydroxylation is 1. The fourth-order valence-corrected chi connectivity index (χ4v) is 5.32. The number of nitrogens with one attached hydrogen (secondary N) is 2. The number of hydrogen-bond donors (Lipinski definition) is 3. The summed E-state index contributed by atoms with van der Waals surface area (Å²) in [6.45, 7) is 0. The normalized spacial score (nSPS) is 12.6. The lowest BCUT2D eigenvalue weighted by molar-refractivity contribution is 0.0977. The van der Waals surface area contributed by atoms with Gasteiger partial charge in [0.15, 0.2) is 5.11 Å². The molecule has 142 valence electrons. The molecular weight excluding hydrogens is 414 g/mol. The zero-order valence-electron chi connectivity index (χ0n) is 14.7. The molecule has 2 amide bonds. The van der Waals surface area contributed by atoms with Crippen molar-refractivity contribution in [3.63, 3.8) is 0 Å². The number of fused-ring (bicyclic) bond motifs is 2. The summed E-state index contributed by atoms with van der Waals surface area (Å²) in [4.78, 5) is 25.8. The number of anilines is 1. The van der Waals surface area contributed by atoms with Crippen LogP contribution in [0.5, 0.6) is 0 Å². The van der Waals surface area contributed by atoms with Gasteiger partial charge in [0.1, 0.15) is 5.00 Å². The molecule has 4 rings (SSSR count). The van der Waals surface area contributed by atoms with E-state index < -0.39 is 5.91 Å². The fourth-order valence-electron chi connectivity index (χ4n) is 3.53. The van der Waals surface area contributed by atoms with Crippen LogP contribution in [0.3, 0.4) is 0 Å². The van der Waals surface area contributed by atoms with E-state index in [1.165, 1.54) is 11.3 Å². The van der Waals surface area contributed by atoms with Crippen molar-refractivity contribution in [3.8, 4) is 0 Å². The van der Waals surface area contributed by atoms with Crippen molar-refractivity contribution >= 4 is 67.9 Å². The molecule has 0 saturated heterocycles. The van der Waals surface area contributed by atoms with E-state index in [-0.39, 0.29) is 11.0 Å². The SMILES string of the molecule is NC(=O)c1c(NC(=S)NC(=O)c2cccc3c(Cl)cccc23)sc2c1CCC2. The predicted octanol–water partition coefficient (Wildman–Crippen LogP) is 4.27. The van der Waals surface area contributed by atoms with Gasteiger partial charge in [-0.1, -0.05) is 35.9 Å². The van der Waals surface area contributed by atoms with Gasteiger partial charge in [-0.2, -0.15) is 0 Å². The second-order valence-corrected chi connectivity index (χ2v) is 8.40. The quantitative estimate of drug-likeness (QED) is 0.543. The second kappa shape index (κ2) is 7.50. The molecule has 1 aromatic heterocycles. The average Bonchev–Trinajstić information content (AvgIpc) is 3.21. The number of rotatable bonds is 3. The highest BCUT2D eigenvalue weighted by Gasteiger charge is 2.26. The van der Waals surface area contributed by atoms with E-state index in [0.29, 0.717) is 21.2 Å². The van der Waals surface area contributed by atoms with E-state index in [0.717, 1.165) is 40.5 Å². The van der Waals surface area contributed by atoms with Crippen LogP contribution in [0, 0.1) is 0 Å². The first-order chi connectivity index (χ1) is 13.5. The Kier molecular flexibility index (Phi) is 5.05. The van der Waals surface area contributed by atoms with Crippen LogP contribution in [0.2, 0.25) is 5.02 Å². The number of hydrogen-bond acceptors (Lipinski definition) is 4. The zero-order valence-corrected chi connectivity index (χ0v) is 17.1. The number of thiophene rings is 1. The number of primary amides is 1. The summed E-state index contributed by atoms with van der Waals surface area (Å²) in [5.74, 6) is -0.838. The minimum Gasteiger partial charge on any atom is -0.365 e. The molecule has 1 aliphatic carbocycles. The smallest absolute Gasteiger partial charge is 0.258 e. The Morgan fingerprint density at radius 1 is 1.11 bits per heavy atom. The minimum absolute atomic E-state index is 0.117. The van der Waals surface area contributed by atoms with Gasteiger partial charge in [0.05, 0.1) is 5.56 Å². The first-order valence-electron chi connectivity index (χ1n) is 8.69. The number of carbonyl (C=O) groups excluding carboxylic acids is 2. The van der Waals surface area contributed by atoms with Crippen molar-refractivity contribution in [3.05, 3.63) is 63.0 Å². The summed E-state index contributed by atoms with van der Waals surface area (Å²) in [6.07, 6.45) is 2.78. The van der Waals surface area contributed by atoms with Crippen molar-refractivity contribution in [2.45, 2.75) is 19.3 Å². The third kappa shape index (κ3) is 3.37. The van der Waals surface area contributed by atoms with E-state index in [2.05, 4.69) is 10.6 Å². The molecule has 1 aliphatic rings. The topological polar surface area (TPSA) is 84.2 Å². The number of benzene rings is 2. The summed E-state index contributed by atoms with van der Waals surface area (Å²) in [5.41, 5.74) is 7.50. The van der Waals surface area contributed by atoms with E-state index in [1.807, 2.05) is 12.1 Å². The van der Waals surface area contributed by atoms with Gasteiger partial charge < -0.3 is 11.1 Å². The average molecular weight is 430 g/mol. The second-order valence-electron chi connectivity index (χ2n) is 6.47. The molecule has 0 atom stereocenters. The molecule has 28 heavy (non-hydrogen) atoms. The Labute approximate surface area is 175 Å². The highest BCUT2D eigenvalue weighted by molar-refractivity contribution is 7.80. The summed E-state index contributed by atoms with van der Waals surface area (Å²) in [7, 11) is 0. The first kappa shape index (κ1) is 18.9. The van der Waals surface area contributed by atoms with Crippen LogP contribution in [-0.2, 0) is 12.8 Å². The maximum atomic E-state index is 12.8. The van der Waals surface area contributed by atoms with E-state index >= 15 is 0 Å². The monoisotopic (exact) mass is 429 g/mol. The van der Waals surface area contributed by atoms with Crippen LogP contribution in [0.4, 0.5) is 5.00 Å². The van der Waals surface area contributed by atoms with Gasteiger partial charge in [-0.15, -0.1) is 11.3 Å². The van der Waals surface area contributed by atoms with Gasteiger partial charge in [0, 0.05) is 20.8 Å². The predicted molar refractivity (Wildman–Crippen MR) is 118 cm³/mol. The first-order valence-corrected chi connectivity index (χ1v) is 10.3. The van der Waals surface area contributed by atoms with Gasteiger partial charge in [0.2, 0.25) is 0 Å². The lowest BCUT2D eigenvalue weighted by Gasteiger charge is -2.11. The molecule has 8 heteroatoms. The number of nitrogens with two attached hydrogens (primary N) is 1. The summed E-state index contributed by atoms with van der Waals surface area (Å²) >= 11 is 13.0. The standard InChI is InChI=1S/C20H16ClN3O2S2/c21-14-8-2-4-10-11(14)5-1-6-12(10)18(26)23-20(27)24-19-16(17(22)25)13-7-3-9-15(13)28-19/h1-2,4-6,8H,3,7,9H2,(H2,22,25)(H2,23,24,26,27). The molecule has 0 aliphatic heterocycles. The number of amides is 2. The molecule has 3 aromatic rings. The zero-order chi connectivity index (χ0) is 19.8. The highest BCUT2D eigenvalue weighted by atomic mass is 35.5. The van der Waals surface area contributed by atoms with Crippen LogP contribution < -0.4 is 16.4 Å². The number of thiocarbonyl (C=S) groups is 1. The van der Waals surface area contributed by atoms with Gasteiger partial charge in [-0.3, -0.25) is 14.9 Å². The molecule has 0 unspecified atom stereocenters. The molecule has 0 fully saturated rings. The van der Waals surface area contributed by atoms with E-state index in [9.17, 15) is 9.59 Å². The van der Waals surface area contributed by atoms with Crippen LogP contribution >= 0.6 is 35.2 Å². The molecule has 0 radical (unpaired) electrons. The van der Waals surface area contributed by atoms with Gasteiger partial charge in [0.25, 0.3) is 11.8 Å². The van der Waals surface area contributed by atoms with Crippen LogP contribution in [0.25, 0.3) is 10.8 Å². The number of carbonyl (C=O) groups is 2. The summed E-state index contributed by atoms with van der Waals surface area (Å²) in [6, 6.07) is 10.8. The van der Waals surface area contributed by atoms with Gasteiger partial charge in [-0.25, -0.2) is 0 Å². The lowest BCUT2D eigenvalue weighted by Crippen LogP contribution is -2.34. The van der Waals surface area contributed by atoms with Crippen molar-refractivity contribution in [1.82, 2.24) is 5.32 Å². The van der Waals surface area contributed by atoms with Crippen LogP contribution in [0.15, 0.2) is 36.4 Å². The maximum absolute atomic E-state index is 12.8. The molecule has 4 N–H and O–H groups in total. The Morgan fingerprint density at radius 3 is 2.64 bits per heavy atom. The highest BCUT2D eigenvalue weighted by Crippen LogP contribution is 2.38. The summed E-state index contributed by atoms with van der Waals surface area (Å²) in [5, 5.41) is 8.46. The summed E-state index contributed by atoms with van der Waals surface area (Å²) < 4.78 is 0. The lowest BCUT2D eigenvalue weighted by atomic mass is 10.0. The van der Waals surface area contributed by atoms with E-state index in [4.69, 9.17) is 29.6 Å². The minimum atomic E-state index is -0.486. The largest absolute Gasteiger partial charge is 0.365 e. The maximum Gasteiger partial charge on any atom is 0.258 e. The molecule has 2 aromatic carbocycles. The van der Waals surface area contributed by atoms with Gasteiger partial charge in [-0.05, 0) is 54.6 Å². The number of halogens is 1.